The Morgan fingerprint density at radius 1 is 0.912 bits per heavy atom. The van der Waals surface area contributed by atoms with E-state index in [0.717, 1.165) is 11.4 Å². The third-order valence-corrected chi connectivity index (χ3v) is 5.82. The molecule has 0 unspecified atom stereocenters. The minimum Gasteiger partial charge on any atom is -0.457 e. The highest BCUT2D eigenvalue weighted by Crippen LogP contribution is 2.44. The summed E-state index contributed by atoms with van der Waals surface area (Å²) in [5, 5.41) is 7.37. The van der Waals surface area contributed by atoms with Crippen LogP contribution in [-0.2, 0) is 14.3 Å². The van der Waals surface area contributed by atoms with Crippen LogP contribution in [0.3, 0.4) is 0 Å². The Kier molecular flexibility index (Phi) is 5.59. The molecule has 2 heterocycles. The SMILES string of the molecule is Cc1nn(-c2ccccc2)c(C)c1NC(=O)COC(=O)C1c2ccccc2Oc2ccccc21. The number of hydrogen-bond acceptors (Lipinski definition) is 5. The van der Waals surface area contributed by atoms with Gasteiger partial charge in [-0.2, -0.15) is 5.10 Å². The number of carbonyl (C=O) groups is 2. The Morgan fingerprint density at radius 3 is 2.15 bits per heavy atom. The van der Waals surface area contributed by atoms with E-state index in [1.807, 2.05) is 92.7 Å². The molecule has 1 aliphatic rings. The number of aromatic nitrogens is 2. The van der Waals surface area contributed by atoms with Gasteiger partial charge in [0.15, 0.2) is 6.61 Å². The van der Waals surface area contributed by atoms with Gasteiger partial charge >= 0.3 is 5.97 Å². The summed E-state index contributed by atoms with van der Waals surface area (Å²) in [5.41, 5.74) is 4.38. The first-order valence-electron chi connectivity index (χ1n) is 11.0. The van der Waals surface area contributed by atoms with Gasteiger partial charge < -0.3 is 14.8 Å². The molecule has 0 saturated carbocycles. The Balaban J connectivity index is 1.31. The summed E-state index contributed by atoms with van der Waals surface area (Å²) < 4.78 is 13.2. The molecule has 7 heteroatoms. The molecule has 34 heavy (non-hydrogen) atoms. The number of fused-ring (bicyclic) bond motifs is 2. The molecule has 1 aromatic heterocycles. The molecule has 0 saturated heterocycles. The van der Waals surface area contributed by atoms with Gasteiger partial charge in [-0.3, -0.25) is 9.59 Å². The van der Waals surface area contributed by atoms with E-state index < -0.39 is 24.4 Å². The van der Waals surface area contributed by atoms with E-state index in [-0.39, 0.29) is 0 Å². The maximum absolute atomic E-state index is 13.1. The maximum Gasteiger partial charge on any atom is 0.318 e. The van der Waals surface area contributed by atoms with Crippen molar-refractivity contribution in [2.24, 2.45) is 0 Å². The van der Waals surface area contributed by atoms with Crippen molar-refractivity contribution in [1.29, 1.82) is 0 Å². The number of carbonyl (C=O) groups excluding carboxylic acids is 2. The van der Waals surface area contributed by atoms with Gasteiger partial charge in [0.2, 0.25) is 0 Å². The first-order valence-corrected chi connectivity index (χ1v) is 11.0. The van der Waals surface area contributed by atoms with E-state index in [0.29, 0.717) is 34.0 Å². The number of esters is 1. The van der Waals surface area contributed by atoms with Crippen LogP contribution < -0.4 is 10.1 Å². The Bertz CT molecular complexity index is 1330. The van der Waals surface area contributed by atoms with Crippen LogP contribution in [0.4, 0.5) is 5.69 Å². The van der Waals surface area contributed by atoms with Gasteiger partial charge in [0, 0.05) is 11.1 Å². The van der Waals surface area contributed by atoms with Gasteiger partial charge in [-0.25, -0.2) is 4.68 Å². The summed E-state index contributed by atoms with van der Waals surface area (Å²) in [4.78, 5) is 25.8. The van der Waals surface area contributed by atoms with Crippen molar-refractivity contribution in [3.05, 3.63) is 101 Å². The number of amides is 1. The second kappa shape index (κ2) is 8.86. The van der Waals surface area contributed by atoms with Crippen LogP contribution in [0.1, 0.15) is 28.4 Å². The highest BCUT2D eigenvalue weighted by atomic mass is 16.5. The summed E-state index contributed by atoms with van der Waals surface area (Å²) in [6, 6.07) is 24.4. The third kappa shape index (κ3) is 3.92. The molecule has 170 valence electrons. The van der Waals surface area contributed by atoms with E-state index in [4.69, 9.17) is 9.47 Å². The van der Waals surface area contributed by atoms with Crippen LogP contribution in [0, 0.1) is 13.8 Å². The molecule has 1 amide bonds. The molecule has 1 aliphatic heterocycles. The first-order chi connectivity index (χ1) is 16.5. The van der Waals surface area contributed by atoms with Crippen molar-refractivity contribution in [3.8, 4) is 17.2 Å². The predicted octanol–water partition coefficient (Wildman–Crippen LogP) is 4.91. The molecule has 1 N–H and O–H groups in total. The van der Waals surface area contributed by atoms with E-state index >= 15 is 0 Å². The number of nitrogens with zero attached hydrogens (tertiary/aromatic N) is 2. The highest BCUT2D eigenvalue weighted by molar-refractivity contribution is 5.95. The van der Waals surface area contributed by atoms with E-state index in [1.54, 1.807) is 4.68 Å². The van der Waals surface area contributed by atoms with Crippen molar-refractivity contribution in [2.45, 2.75) is 19.8 Å². The average molecular weight is 453 g/mol. The predicted molar refractivity (Wildman–Crippen MR) is 127 cm³/mol. The smallest absolute Gasteiger partial charge is 0.318 e. The lowest BCUT2D eigenvalue weighted by Gasteiger charge is -2.26. The lowest BCUT2D eigenvalue weighted by molar-refractivity contribution is -0.148. The van der Waals surface area contributed by atoms with Crippen molar-refractivity contribution in [1.82, 2.24) is 9.78 Å². The molecule has 0 atom stereocenters. The Labute approximate surface area is 196 Å². The van der Waals surface area contributed by atoms with Gasteiger partial charge in [0.1, 0.15) is 17.4 Å². The summed E-state index contributed by atoms with van der Waals surface area (Å²) in [5.74, 6) is -0.398. The molecule has 5 rings (SSSR count). The second-order valence-electron chi connectivity index (χ2n) is 8.06. The minimum atomic E-state index is -0.668. The van der Waals surface area contributed by atoms with Crippen molar-refractivity contribution in [3.63, 3.8) is 0 Å². The molecule has 7 nitrogen and oxygen atoms in total. The Morgan fingerprint density at radius 2 is 1.50 bits per heavy atom. The van der Waals surface area contributed by atoms with Crippen molar-refractivity contribution < 1.29 is 19.1 Å². The minimum absolute atomic E-state index is 0.407. The summed E-state index contributed by atoms with van der Waals surface area (Å²) in [7, 11) is 0. The molecular formula is C27H23N3O4. The number of ether oxygens (including phenoxy) is 2. The molecule has 4 aromatic rings. The van der Waals surface area contributed by atoms with E-state index in [9.17, 15) is 9.59 Å². The Hall–Kier alpha value is -4.39. The number of rotatable bonds is 5. The number of benzene rings is 3. The van der Waals surface area contributed by atoms with Crippen LogP contribution in [-0.4, -0.2) is 28.3 Å². The van der Waals surface area contributed by atoms with Crippen LogP contribution in [0.5, 0.6) is 11.5 Å². The van der Waals surface area contributed by atoms with Gasteiger partial charge in [-0.15, -0.1) is 0 Å². The third-order valence-electron chi connectivity index (χ3n) is 5.82. The van der Waals surface area contributed by atoms with Gasteiger partial charge in [0.05, 0.1) is 22.8 Å². The molecule has 0 spiro atoms. The standard InChI is InChI=1S/C27H23N3O4/c1-17-26(18(2)30(29-17)19-10-4-3-5-11-19)28-24(31)16-33-27(32)25-20-12-6-8-14-22(20)34-23-15-9-7-13-21(23)25/h3-15,25H,16H2,1-2H3,(H,28,31). The lowest BCUT2D eigenvalue weighted by atomic mass is 9.88. The van der Waals surface area contributed by atoms with Crippen LogP contribution in [0.15, 0.2) is 78.9 Å². The second-order valence-corrected chi connectivity index (χ2v) is 8.06. The van der Waals surface area contributed by atoms with Crippen molar-refractivity contribution >= 4 is 17.6 Å². The maximum atomic E-state index is 13.1. The van der Waals surface area contributed by atoms with Gasteiger partial charge in [-0.05, 0) is 38.1 Å². The van der Waals surface area contributed by atoms with Crippen molar-refractivity contribution in [2.75, 3.05) is 11.9 Å². The van der Waals surface area contributed by atoms with Gasteiger partial charge in [-0.1, -0.05) is 54.6 Å². The number of hydrogen-bond donors (Lipinski definition) is 1. The zero-order chi connectivity index (χ0) is 23.7. The molecule has 0 bridgehead atoms. The fraction of sp³-hybridized carbons (Fsp3) is 0.148. The summed E-state index contributed by atoms with van der Waals surface area (Å²) in [6.45, 7) is 3.30. The largest absolute Gasteiger partial charge is 0.457 e. The van der Waals surface area contributed by atoms with Gasteiger partial charge in [0.25, 0.3) is 5.91 Å². The number of aryl methyl sites for hydroxylation is 1. The topological polar surface area (TPSA) is 82.5 Å². The number of para-hydroxylation sites is 3. The van der Waals surface area contributed by atoms with Crippen LogP contribution >= 0.6 is 0 Å². The number of nitrogens with one attached hydrogen (secondary N) is 1. The monoisotopic (exact) mass is 453 g/mol. The molecular weight excluding hydrogens is 430 g/mol. The number of anilines is 1. The zero-order valence-corrected chi connectivity index (χ0v) is 18.8. The average Bonchev–Trinajstić information content (AvgIpc) is 3.14. The molecule has 0 aliphatic carbocycles. The first kappa shape index (κ1) is 21.5. The lowest BCUT2D eigenvalue weighted by Crippen LogP contribution is -2.26. The quantitative estimate of drug-likeness (QED) is 0.434. The zero-order valence-electron chi connectivity index (χ0n) is 18.8. The molecule has 0 radical (unpaired) electrons. The fourth-order valence-electron chi connectivity index (χ4n) is 4.20. The van der Waals surface area contributed by atoms with Crippen LogP contribution in [0.2, 0.25) is 0 Å². The normalized spacial score (nSPS) is 12.3. The summed E-state index contributed by atoms with van der Waals surface area (Å²) >= 11 is 0. The summed E-state index contributed by atoms with van der Waals surface area (Å²) in [6.07, 6.45) is 0. The van der Waals surface area contributed by atoms with E-state index in [2.05, 4.69) is 10.4 Å². The fourth-order valence-corrected chi connectivity index (χ4v) is 4.20. The molecule has 3 aromatic carbocycles. The van der Waals surface area contributed by atoms with E-state index in [1.165, 1.54) is 0 Å². The molecule has 0 fully saturated rings. The van der Waals surface area contributed by atoms with Crippen LogP contribution in [0.25, 0.3) is 5.69 Å². The highest BCUT2D eigenvalue weighted by Gasteiger charge is 2.34.